The van der Waals surface area contributed by atoms with Crippen molar-refractivity contribution in [1.82, 2.24) is 0 Å². The van der Waals surface area contributed by atoms with Crippen molar-refractivity contribution in [2.75, 3.05) is 13.7 Å². The number of methoxy groups -OCH3 is 1. The van der Waals surface area contributed by atoms with Crippen LogP contribution in [0.4, 0.5) is 0 Å². The fourth-order valence-electron chi connectivity index (χ4n) is 2.44. The van der Waals surface area contributed by atoms with Gasteiger partial charge in [-0.05, 0) is 37.0 Å². The molecule has 0 aromatic carbocycles. The summed E-state index contributed by atoms with van der Waals surface area (Å²) in [5.74, 6) is 0.775. The SMILES string of the molecule is COC1(CO)CCC(C(C)(C)C)CC1. The lowest BCUT2D eigenvalue weighted by molar-refractivity contribution is -0.0911. The molecule has 0 bridgehead atoms. The van der Waals surface area contributed by atoms with Gasteiger partial charge in [0.2, 0.25) is 0 Å². The first-order valence-corrected chi connectivity index (χ1v) is 5.59. The van der Waals surface area contributed by atoms with Crippen LogP contribution in [0, 0.1) is 11.3 Å². The summed E-state index contributed by atoms with van der Waals surface area (Å²) in [7, 11) is 1.72. The molecule has 0 amide bonds. The van der Waals surface area contributed by atoms with Gasteiger partial charge in [0.25, 0.3) is 0 Å². The molecule has 84 valence electrons. The largest absolute Gasteiger partial charge is 0.393 e. The summed E-state index contributed by atoms with van der Waals surface area (Å²) in [5, 5.41) is 9.31. The standard InChI is InChI=1S/C12H24O2/c1-11(2,3)10-5-7-12(9-13,14-4)8-6-10/h10,13H,5-9H2,1-4H3. The summed E-state index contributed by atoms with van der Waals surface area (Å²) in [6.07, 6.45) is 4.36. The predicted molar refractivity (Wildman–Crippen MR) is 58.2 cm³/mol. The van der Waals surface area contributed by atoms with Crippen LogP contribution in [-0.2, 0) is 4.74 Å². The van der Waals surface area contributed by atoms with Crippen molar-refractivity contribution in [2.24, 2.45) is 11.3 Å². The second-order valence-corrected chi connectivity index (χ2v) is 5.69. The van der Waals surface area contributed by atoms with Crippen molar-refractivity contribution in [2.45, 2.75) is 52.1 Å². The summed E-state index contributed by atoms with van der Waals surface area (Å²) in [6, 6.07) is 0. The average Bonchev–Trinajstić information content (AvgIpc) is 2.16. The third-order valence-corrected chi connectivity index (χ3v) is 3.84. The highest BCUT2D eigenvalue weighted by molar-refractivity contribution is 4.89. The second-order valence-electron chi connectivity index (χ2n) is 5.69. The molecule has 0 heterocycles. The average molecular weight is 200 g/mol. The minimum Gasteiger partial charge on any atom is -0.393 e. The maximum Gasteiger partial charge on any atom is 0.0908 e. The molecule has 0 aromatic heterocycles. The van der Waals surface area contributed by atoms with Crippen LogP contribution >= 0.6 is 0 Å². The molecule has 0 aliphatic heterocycles. The Hall–Kier alpha value is -0.0800. The van der Waals surface area contributed by atoms with E-state index in [0.717, 1.165) is 18.8 Å². The lowest BCUT2D eigenvalue weighted by Crippen LogP contribution is -2.41. The normalized spacial score (nSPS) is 34.5. The number of aliphatic hydroxyl groups is 1. The van der Waals surface area contributed by atoms with Crippen LogP contribution in [-0.4, -0.2) is 24.4 Å². The highest BCUT2D eigenvalue weighted by Gasteiger charge is 2.38. The van der Waals surface area contributed by atoms with Gasteiger partial charge in [-0.25, -0.2) is 0 Å². The van der Waals surface area contributed by atoms with E-state index in [1.54, 1.807) is 7.11 Å². The molecule has 14 heavy (non-hydrogen) atoms. The van der Waals surface area contributed by atoms with Crippen LogP contribution in [0.1, 0.15) is 46.5 Å². The van der Waals surface area contributed by atoms with Crippen LogP contribution in [0.5, 0.6) is 0 Å². The maximum absolute atomic E-state index is 9.31. The van der Waals surface area contributed by atoms with E-state index in [1.165, 1.54) is 12.8 Å². The van der Waals surface area contributed by atoms with E-state index in [9.17, 15) is 5.11 Å². The zero-order valence-electron chi connectivity index (χ0n) is 9.97. The molecule has 1 fully saturated rings. The van der Waals surface area contributed by atoms with E-state index in [2.05, 4.69) is 20.8 Å². The fraction of sp³-hybridized carbons (Fsp3) is 1.00. The Balaban J connectivity index is 2.53. The van der Waals surface area contributed by atoms with E-state index < -0.39 is 0 Å². The van der Waals surface area contributed by atoms with Crippen LogP contribution in [0.15, 0.2) is 0 Å². The summed E-state index contributed by atoms with van der Waals surface area (Å²) >= 11 is 0. The third-order valence-electron chi connectivity index (χ3n) is 3.84. The van der Waals surface area contributed by atoms with Gasteiger partial charge in [0.1, 0.15) is 0 Å². The molecule has 1 aliphatic carbocycles. The summed E-state index contributed by atoms with van der Waals surface area (Å²) in [5.41, 5.74) is 0.164. The molecule has 0 atom stereocenters. The van der Waals surface area contributed by atoms with E-state index >= 15 is 0 Å². The Morgan fingerprint density at radius 2 is 1.79 bits per heavy atom. The first-order valence-electron chi connectivity index (χ1n) is 5.59. The van der Waals surface area contributed by atoms with Crippen molar-refractivity contribution < 1.29 is 9.84 Å². The smallest absolute Gasteiger partial charge is 0.0908 e. The second kappa shape index (κ2) is 4.19. The molecule has 1 saturated carbocycles. The first kappa shape index (κ1) is 12.0. The van der Waals surface area contributed by atoms with Gasteiger partial charge in [0, 0.05) is 7.11 Å². The fourth-order valence-corrected chi connectivity index (χ4v) is 2.44. The van der Waals surface area contributed by atoms with E-state index in [0.29, 0.717) is 5.41 Å². The van der Waals surface area contributed by atoms with E-state index in [4.69, 9.17) is 4.74 Å². The number of hydrogen-bond acceptors (Lipinski definition) is 2. The third kappa shape index (κ3) is 2.48. The Kier molecular flexibility index (Phi) is 3.59. The zero-order valence-corrected chi connectivity index (χ0v) is 9.97. The number of hydrogen-bond donors (Lipinski definition) is 1. The molecule has 1 rings (SSSR count). The molecule has 0 unspecified atom stereocenters. The Labute approximate surface area is 87.7 Å². The zero-order chi connectivity index (χ0) is 10.8. The molecule has 1 aliphatic rings. The first-order chi connectivity index (χ1) is 6.43. The highest BCUT2D eigenvalue weighted by Crippen LogP contribution is 2.42. The lowest BCUT2D eigenvalue weighted by Gasteiger charge is -2.42. The molecule has 0 aromatic rings. The van der Waals surface area contributed by atoms with Gasteiger partial charge in [0.05, 0.1) is 12.2 Å². The van der Waals surface area contributed by atoms with Crippen molar-refractivity contribution >= 4 is 0 Å². The van der Waals surface area contributed by atoms with E-state index in [1.807, 2.05) is 0 Å². The van der Waals surface area contributed by atoms with Gasteiger partial charge in [0.15, 0.2) is 0 Å². The number of ether oxygens (including phenoxy) is 1. The number of aliphatic hydroxyl groups excluding tert-OH is 1. The number of rotatable bonds is 2. The Morgan fingerprint density at radius 3 is 2.07 bits per heavy atom. The van der Waals surface area contributed by atoms with Gasteiger partial charge < -0.3 is 9.84 Å². The molecule has 0 radical (unpaired) electrons. The lowest BCUT2D eigenvalue weighted by atomic mass is 9.68. The quantitative estimate of drug-likeness (QED) is 0.742. The van der Waals surface area contributed by atoms with Gasteiger partial charge in [-0.2, -0.15) is 0 Å². The molecule has 1 N–H and O–H groups in total. The van der Waals surface area contributed by atoms with Crippen LogP contribution in [0.25, 0.3) is 0 Å². The molecule has 2 nitrogen and oxygen atoms in total. The maximum atomic E-state index is 9.31. The minimum absolute atomic E-state index is 0.167. The molecular formula is C12H24O2. The Morgan fingerprint density at radius 1 is 1.29 bits per heavy atom. The van der Waals surface area contributed by atoms with Crippen molar-refractivity contribution in [1.29, 1.82) is 0 Å². The van der Waals surface area contributed by atoms with Crippen molar-refractivity contribution in [3.05, 3.63) is 0 Å². The molecular weight excluding hydrogens is 176 g/mol. The molecule has 0 saturated heterocycles. The summed E-state index contributed by atoms with van der Waals surface area (Å²) in [4.78, 5) is 0. The topological polar surface area (TPSA) is 29.5 Å². The molecule has 0 spiro atoms. The van der Waals surface area contributed by atoms with Gasteiger partial charge in [-0.3, -0.25) is 0 Å². The minimum atomic E-state index is -0.234. The summed E-state index contributed by atoms with van der Waals surface area (Å²) < 4.78 is 5.44. The Bertz CT molecular complexity index is 167. The predicted octanol–water partition coefficient (Wildman–Crippen LogP) is 2.60. The van der Waals surface area contributed by atoms with Crippen LogP contribution in [0.3, 0.4) is 0 Å². The molecule has 2 heteroatoms. The van der Waals surface area contributed by atoms with Gasteiger partial charge in [-0.15, -0.1) is 0 Å². The van der Waals surface area contributed by atoms with Crippen molar-refractivity contribution in [3.63, 3.8) is 0 Å². The van der Waals surface area contributed by atoms with Crippen molar-refractivity contribution in [3.8, 4) is 0 Å². The van der Waals surface area contributed by atoms with Crippen LogP contribution < -0.4 is 0 Å². The van der Waals surface area contributed by atoms with E-state index in [-0.39, 0.29) is 12.2 Å². The monoisotopic (exact) mass is 200 g/mol. The van der Waals surface area contributed by atoms with Crippen LogP contribution in [0.2, 0.25) is 0 Å². The highest BCUT2D eigenvalue weighted by atomic mass is 16.5. The summed E-state index contributed by atoms with van der Waals surface area (Å²) in [6.45, 7) is 7.07. The van der Waals surface area contributed by atoms with Gasteiger partial charge in [-0.1, -0.05) is 20.8 Å². The van der Waals surface area contributed by atoms with Gasteiger partial charge >= 0.3 is 0 Å².